The molecule has 0 radical (unpaired) electrons. The molecule has 0 aromatic rings. The molecule has 0 bridgehead atoms. The van der Waals surface area contributed by atoms with Crippen LogP contribution in [0.4, 0.5) is 43.9 Å². The van der Waals surface area contributed by atoms with Crippen molar-refractivity contribution >= 4 is 30.8 Å². The molecule has 0 aromatic carbocycles. The molecule has 0 aliphatic carbocycles. The molecule has 0 aliphatic rings. The van der Waals surface area contributed by atoms with Crippen molar-refractivity contribution in [3.63, 3.8) is 0 Å². The van der Waals surface area contributed by atoms with Crippen LogP contribution in [0.15, 0.2) is 0 Å². The van der Waals surface area contributed by atoms with Gasteiger partial charge in [-0.2, -0.15) is 0 Å². The molecule has 124 valence electrons. The van der Waals surface area contributed by atoms with Gasteiger partial charge in [-0.1, -0.05) is 0 Å². The topological polar surface area (TPSA) is 63.6 Å². The van der Waals surface area contributed by atoms with E-state index in [9.17, 15) is 52.3 Å². The van der Waals surface area contributed by atoms with E-state index in [0.29, 0.717) is 0 Å². The molecule has 0 saturated heterocycles. The Kier molecular flexibility index (Phi) is 5.24. The number of rotatable bonds is 4. The van der Waals surface area contributed by atoms with Crippen molar-refractivity contribution in [1.82, 2.24) is 0 Å². The first-order chi connectivity index (χ1) is 8.38. The summed E-state index contributed by atoms with van der Waals surface area (Å²) in [5, 5.41) is 0. The molecule has 0 aromatic heterocycles. The molecule has 0 atom stereocenters. The third-order valence-corrected chi connectivity index (χ3v) is 6.47. The summed E-state index contributed by atoms with van der Waals surface area (Å²) in [6.07, 6.45) is -6.94. The van der Waals surface area contributed by atoms with Crippen LogP contribution in [0, 0.1) is 0 Å². The van der Waals surface area contributed by atoms with Gasteiger partial charge in [-0.25, -0.2) is 0 Å². The maximum atomic E-state index is 12.6. The maximum absolute atomic E-state index is 12.6. The molecule has 0 fully saturated rings. The van der Waals surface area contributed by atoms with Gasteiger partial charge in [0, 0.05) is 0 Å². The average Bonchev–Trinajstić information content (AvgIpc) is 2.12. The summed E-state index contributed by atoms with van der Waals surface area (Å²) in [7, 11) is -6.95. The third kappa shape index (κ3) is 3.56. The van der Waals surface area contributed by atoms with E-state index in [1.165, 1.54) is 0 Å². The van der Waals surface area contributed by atoms with Gasteiger partial charge in [0.25, 0.3) is 0 Å². The Labute approximate surface area is 111 Å². The molecule has 0 unspecified atom stereocenters. The van der Waals surface area contributed by atoms with E-state index < -0.39 is 52.3 Å². The minimum atomic E-state index is -6.97. The Morgan fingerprint density at radius 3 is 1.45 bits per heavy atom. The molecular weight excluding hydrogens is 461 g/mol. The molecule has 16 heteroatoms. The van der Waals surface area contributed by atoms with E-state index in [1.54, 1.807) is 0 Å². The van der Waals surface area contributed by atoms with Crippen LogP contribution in [-0.4, -0.2) is 33.4 Å². The number of alkyl halides is 11. The Bertz CT molecular complexity index is 451. The molecule has 20 heavy (non-hydrogen) atoms. The van der Waals surface area contributed by atoms with Gasteiger partial charge in [0.2, 0.25) is 0 Å². The second-order valence-electron chi connectivity index (χ2n) is 2.76. The zero-order valence-corrected chi connectivity index (χ0v) is 11.2. The van der Waals surface area contributed by atoms with Gasteiger partial charge in [-0.05, 0) is 0 Å². The van der Waals surface area contributed by atoms with Crippen LogP contribution in [0.25, 0.3) is 0 Å². The minimum absolute atomic E-state index is 2.38. The van der Waals surface area contributed by atoms with Gasteiger partial charge < -0.3 is 0 Å². The summed E-state index contributed by atoms with van der Waals surface area (Å²) < 4.78 is 144. The molecule has 0 heterocycles. The molecule has 0 aliphatic heterocycles. The third-order valence-electron chi connectivity index (χ3n) is 1.34. The average molecular weight is 462 g/mol. The van der Waals surface area contributed by atoms with Crippen LogP contribution >= 0.6 is 20.6 Å². The Morgan fingerprint density at radius 1 is 0.850 bits per heavy atom. The van der Waals surface area contributed by atoms with E-state index in [4.69, 9.17) is 3.44 Å². The second-order valence-corrected chi connectivity index (χ2v) is 8.01. The molecule has 4 nitrogen and oxygen atoms in total. The van der Waals surface area contributed by atoms with Crippen LogP contribution in [0.5, 0.6) is 0 Å². The van der Waals surface area contributed by atoms with E-state index in [1.807, 2.05) is 0 Å². The fourth-order valence-corrected chi connectivity index (χ4v) is 4.24. The summed E-state index contributed by atoms with van der Waals surface area (Å²) >= 11 is -6.67. The van der Waals surface area contributed by atoms with Crippen LogP contribution in [0.3, 0.4) is 0 Å². The van der Waals surface area contributed by atoms with Gasteiger partial charge in [-0.3, -0.25) is 0 Å². The first-order valence-corrected chi connectivity index (χ1v) is 7.94. The molecule has 1 N–H and O–H groups in total. The fourth-order valence-electron chi connectivity index (χ4n) is 0.416. The SMILES string of the molecule is O=S(=O)(OI(O)C(F)(F)C(F)(F)C(F)(F)F)C(F)(F)F. The van der Waals surface area contributed by atoms with Crippen LogP contribution in [0.1, 0.15) is 0 Å². The summed E-state index contributed by atoms with van der Waals surface area (Å²) in [5.74, 6) is -6.97. The first-order valence-electron chi connectivity index (χ1n) is 3.61. The van der Waals surface area contributed by atoms with Crippen molar-refractivity contribution in [3.8, 4) is 0 Å². The Morgan fingerprint density at radius 2 is 1.20 bits per heavy atom. The standard InChI is InChI=1S/C4HF10IO4S/c5-1(6,2(7,8)9)3(10,11)15(16)19-20(17,18)4(12,13)14/h16H. The first kappa shape index (κ1) is 19.9. The predicted octanol–water partition coefficient (Wildman–Crippen LogP) is 2.97. The summed E-state index contributed by atoms with van der Waals surface area (Å²) in [5.41, 5.74) is -6.38. The normalized spacial score (nSPS) is 16.2. The number of hydrogen-bond donors (Lipinski definition) is 1. The zero-order valence-electron chi connectivity index (χ0n) is 8.24. The van der Waals surface area contributed by atoms with Gasteiger partial charge in [0.05, 0.1) is 0 Å². The van der Waals surface area contributed by atoms with Crippen molar-refractivity contribution in [2.45, 2.75) is 21.5 Å². The van der Waals surface area contributed by atoms with Crippen molar-refractivity contribution in [3.05, 3.63) is 0 Å². The van der Waals surface area contributed by atoms with E-state index in [2.05, 4.69) is 2.51 Å². The van der Waals surface area contributed by atoms with Gasteiger partial charge >= 0.3 is 111 Å². The van der Waals surface area contributed by atoms with E-state index >= 15 is 0 Å². The quantitative estimate of drug-likeness (QED) is 0.302. The Balaban J connectivity index is 5.47. The van der Waals surface area contributed by atoms with E-state index in [-0.39, 0.29) is 0 Å². The monoisotopic (exact) mass is 462 g/mol. The summed E-state index contributed by atoms with van der Waals surface area (Å²) in [4.78, 5) is 0. The van der Waals surface area contributed by atoms with E-state index in [0.717, 1.165) is 0 Å². The van der Waals surface area contributed by atoms with Crippen molar-refractivity contribution in [2.75, 3.05) is 0 Å². The van der Waals surface area contributed by atoms with Crippen LogP contribution < -0.4 is 0 Å². The second kappa shape index (κ2) is 5.27. The molecule has 0 spiro atoms. The summed E-state index contributed by atoms with van der Waals surface area (Å²) in [6, 6.07) is 0. The van der Waals surface area contributed by atoms with Gasteiger partial charge in [-0.15, -0.1) is 0 Å². The van der Waals surface area contributed by atoms with Crippen molar-refractivity contribution < 1.29 is 58.3 Å². The van der Waals surface area contributed by atoms with Crippen LogP contribution in [-0.2, 0) is 12.6 Å². The number of hydrogen-bond acceptors (Lipinski definition) is 4. The molecular formula is C4HF10IO4S. The number of halogens is 11. The molecule has 0 saturated carbocycles. The predicted molar refractivity (Wildman–Crippen MR) is 48.2 cm³/mol. The fraction of sp³-hybridized carbons (Fsp3) is 1.00. The van der Waals surface area contributed by atoms with Crippen LogP contribution in [0.2, 0.25) is 0 Å². The van der Waals surface area contributed by atoms with Crippen molar-refractivity contribution in [2.24, 2.45) is 0 Å². The summed E-state index contributed by atoms with van der Waals surface area (Å²) in [6.45, 7) is 0. The van der Waals surface area contributed by atoms with Crippen molar-refractivity contribution in [1.29, 1.82) is 0 Å². The van der Waals surface area contributed by atoms with Gasteiger partial charge in [0.15, 0.2) is 0 Å². The zero-order chi connectivity index (χ0) is 16.8. The van der Waals surface area contributed by atoms with Gasteiger partial charge in [0.1, 0.15) is 0 Å². The Hall–Kier alpha value is -0.100. The molecule has 0 rings (SSSR count). The molecule has 0 amide bonds.